The molecule has 1 rings (SSSR count). The normalized spacial score (nSPS) is 22.1. The molecule has 1 fully saturated rings. The quantitative estimate of drug-likeness (QED) is 0.774. The summed E-state index contributed by atoms with van der Waals surface area (Å²) in [5, 5.41) is 0. The lowest BCUT2D eigenvalue weighted by molar-refractivity contribution is -0.128. The van der Waals surface area contributed by atoms with E-state index in [1.807, 2.05) is 13.0 Å². The first-order valence-corrected chi connectivity index (χ1v) is 8.16. The fraction of sp³-hybridized carbons (Fsp3) is 0.750. The Morgan fingerprint density at radius 3 is 2.72 bits per heavy atom. The van der Waals surface area contributed by atoms with E-state index in [0.29, 0.717) is 13.1 Å². The van der Waals surface area contributed by atoms with Gasteiger partial charge in [0.15, 0.2) is 0 Å². The van der Waals surface area contributed by atoms with Gasteiger partial charge < -0.3 is 4.90 Å². The van der Waals surface area contributed by atoms with Gasteiger partial charge in [0.05, 0.1) is 6.26 Å². The summed E-state index contributed by atoms with van der Waals surface area (Å²) >= 11 is 0. The van der Waals surface area contributed by atoms with Gasteiger partial charge in [-0.25, -0.2) is 13.1 Å². The van der Waals surface area contributed by atoms with Crippen molar-refractivity contribution < 1.29 is 13.2 Å². The molecular formula is C12H22N2O3S. The Bertz CT molecular complexity index is 429. The van der Waals surface area contributed by atoms with Gasteiger partial charge in [0.25, 0.3) is 0 Å². The zero-order chi connectivity index (χ0) is 13.8. The molecule has 1 heterocycles. The molecule has 0 aromatic rings. The topological polar surface area (TPSA) is 66.5 Å². The predicted octanol–water partition coefficient (Wildman–Crippen LogP) is 0.883. The fourth-order valence-corrected chi connectivity index (χ4v) is 3.00. The number of amides is 1. The van der Waals surface area contributed by atoms with Gasteiger partial charge in [-0.2, -0.15) is 0 Å². The summed E-state index contributed by atoms with van der Waals surface area (Å²) in [6.45, 7) is 4.96. The summed E-state index contributed by atoms with van der Waals surface area (Å²) in [4.78, 5) is 13.8. The van der Waals surface area contributed by atoms with Gasteiger partial charge in [0.1, 0.15) is 0 Å². The highest BCUT2D eigenvalue weighted by atomic mass is 32.2. The number of carbonyl (C=O) groups excluding carboxylic acids is 1. The second kappa shape index (κ2) is 6.33. The van der Waals surface area contributed by atoms with Crippen molar-refractivity contribution in [2.24, 2.45) is 0 Å². The van der Waals surface area contributed by atoms with Crippen LogP contribution in [0.3, 0.4) is 0 Å². The molecule has 1 amide bonds. The van der Waals surface area contributed by atoms with Crippen LogP contribution in [0, 0.1) is 0 Å². The van der Waals surface area contributed by atoms with Gasteiger partial charge in [-0.1, -0.05) is 13.0 Å². The Labute approximate surface area is 109 Å². The summed E-state index contributed by atoms with van der Waals surface area (Å²) in [6.07, 6.45) is 5.49. The maximum absolute atomic E-state index is 12.1. The minimum absolute atomic E-state index is 0.0110. The van der Waals surface area contributed by atoms with Crippen molar-refractivity contribution in [3.63, 3.8) is 0 Å². The SMILES string of the molecule is CCC=C(C)C(=O)N1CCCC(NS(C)(=O)=O)C1. The predicted molar refractivity (Wildman–Crippen MR) is 71.6 cm³/mol. The molecule has 1 saturated heterocycles. The summed E-state index contributed by atoms with van der Waals surface area (Å²) in [5.41, 5.74) is 0.734. The Morgan fingerprint density at radius 2 is 2.17 bits per heavy atom. The highest BCUT2D eigenvalue weighted by molar-refractivity contribution is 7.88. The Morgan fingerprint density at radius 1 is 1.50 bits per heavy atom. The first kappa shape index (κ1) is 15.2. The number of sulfonamides is 1. The minimum atomic E-state index is -3.21. The van der Waals surface area contributed by atoms with Crippen LogP contribution >= 0.6 is 0 Å². The van der Waals surface area contributed by atoms with Crippen LogP contribution in [0.5, 0.6) is 0 Å². The first-order chi connectivity index (χ1) is 8.33. The van der Waals surface area contributed by atoms with Crippen molar-refractivity contribution in [1.29, 1.82) is 0 Å². The highest BCUT2D eigenvalue weighted by Gasteiger charge is 2.25. The zero-order valence-corrected chi connectivity index (χ0v) is 12.1. The summed E-state index contributed by atoms with van der Waals surface area (Å²) in [7, 11) is -3.21. The third kappa shape index (κ3) is 4.78. The van der Waals surface area contributed by atoms with Crippen LogP contribution in [0.4, 0.5) is 0 Å². The van der Waals surface area contributed by atoms with Gasteiger partial charge >= 0.3 is 0 Å². The van der Waals surface area contributed by atoms with Gasteiger partial charge in [0, 0.05) is 24.7 Å². The Balaban J connectivity index is 2.64. The first-order valence-electron chi connectivity index (χ1n) is 6.27. The number of carbonyl (C=O) groups is 1. The molecule has 0 bridgehead atoms. The van der Waals surface area contributed by atoms with Crippen LogP contribution in [0.1, 0.15) is 33.1 Å². The lowest BCUT2D eigenvalue weighted by atomic mass is 10.1. The Hall–Kier alpha value is -0.880. The third-order valence-corrected chi connectivity index (χ3v) is 3.70. The lowest BCUT2D eigenvalue weighted by Gasteiger charge is -2.33. The number of hydrogen-bond acceptors (Lipinski definition) is 3. The monoisotopic (exact) mass is 274 g/mol. The minimum Gasteiger partial charge on any atom is -0.337 e. The molecule has 0 aromatic heterocycles. The number of piperidine rings is 1. The molecule has 0 spiro atoms. The molecule has 0 radical (unpaired) electrons. The van der Waals surface area contributed by atoms with E-state index in [9.17, 15) is 13.2 Å². The van der Waals surface area contributed by atoms with Gasteiger partial charge in [-0.3, -0.25) is 4.79 Å². The zero-order valence-electron chi connectivity index (χ0n) is 11.3. The maximum atomic E-state index is 12.1. The van der Waals surface area contributed by atoms with Crippen LogP contribution in [-0.4, -0.2) is 44.6 Å². The van der Waals surface area contributed by atoms with Gasteiger partial charge in [-0.15, -0.1) is 0 Å². The van der Waals surface area contributed by atoms with Crippen molar-refractivity contribution in [2.45, 2.75) is 39.2 Å². The van der Waals surface area contributed by atoms with Crippen molar-refractivity contribution in [2.75, 3.05) is 19.3 Å². The third-order valence-electron chi connectivity index (χ3n) is 2.94. The number of likely N-dealkylation sites (tertiary alicyclic amines) is 1. The molecule has 1 unspecified atom stereocenters. The van der Waals surface area contributed by atoms with Crippen LogP contribution in [-0.2, 0) is 14.8 Å². The average Bonchev–Trinajstić information content (AvgIpc) is 2.26. The van der Waals surface area contributed by atoms with Crippen molar-refractivity contribution >= 4 is 15.9 Å². The molecule has 0 aliphatic carbocycles. The number of nitrogens with zero attached hydrogens (tertiary/aromatic N) is 1. The van der Waals surface area contributed by atoms with Crippen LogP contribution in [0.2, 0.25) is 0 Å². The van der Waals surface area contributed by atoms with Gasteiger partial charge in [0.2, 0.25) is 15.9 Å². The van der Waals surface area contributed by atoms with E-state index < -0.39 is 10.0 Å². The molecule has 0 aromatic carbocycles. The second-order valence-corrected chi connectivity index (χ2v) is 6.56. The number of nitrogens with one attached hydrogen (secondary N) is 1. The lowest BCUT2D eigenvalue weighted by Crippen LogP contribution is -2.49. The standard InChI is InChI=1S/C12H22N2O3S/c1-4-6-10(2)12(15)14-8-5-7-11(9-14)13-18(3,16)17/h6,11,13H,4-5,7-9H2,1-3H3. The van der Waals surface area contributed by atoms with E-state index in [-0.39, 0.29) is 11.9 Å². The smallest absolute Gasteiger partial charge is 0.249 e. The van der Waals surface area contributed by atoms with E-state index >= 15 is 0 Å². The van der Waals surface area contributed by atoms with Crippen LogP contribution in [0.25, 0.3) is 0 Å². The molecule has 18 heavy (non-hydrogen) atoms. The number of allylic oxidation sites excluding steroid dienone is 1. The Kier molecular flexibility index (Phi) is 5.34. The molecule has 1 N–H and O–H groups in total. The maximum Gasteiger partial charge on any atom is 0.249 e. The number of hydrogen-bond donors (Lipinski definition) is 1. The van der Waals surface area contributed by atoms with Crippen LogP contribution < -0.4 is 4.72 Å². The molecule has 0 saturated carbocycles. The van der Waals surface area contributed by atoms with E-state index in [4.69, 9.17) is 0 Å². The molecule has 104 valence electrons. The van der Waals surface area contributed by atoms with Crippen molar-refractivity contribution in [1.82, 2.24) is 9.62 Å². The molecular weight excluding hydrogens is 252 g/mol. The molecule has 1 atom stereocenters. The van der Waals surface area contributed by atoms with E-state index in [2.05, 4.69) is 4.72 Å². The van der Waals surface area contributed by atoms with Crippen molar-refractivity contribution in [3.8, 4) is 0 Å². The largest absolute Gasteiger partial charge is 0.337 e. The van der Waals surface area contributed by atoms with E-state index in [1.54, 1.807) is 11.8 Å². The summed E-state index contributed by atoms with van der Waals surface area (Å²) < 4.78 is 24.9. The highest BCUT2D eigenvalue weighted by Crippen LogP contribution is 2.13. The van der Waals surface area contributed by atoms with Crippen LogP contribution in [0.15, 0.2) is 11.6 Å². The molecule has 1 aliphatic heterocycles. The summed E-state index contributed by atoms with van der Waals surface area (Å²) in [5.74, 6) is 0.0110. The van der Waals surface area contributed by atoms with E-state index in [0.717, 1.165) is 31.1 Å². The number of rotatable bonds is 4. The molecule has 5 nitrogen and oxygen atoms in total. The molecule has 6 heteroatoms. The van der Waals surface area contributed by atoms with E-state index in [1.165, 1.54) is 0 Å². The fourth-order valence-electron chi connectivity index (χ4n) is 2.20. The average molecular weight is 274 g/mol. The molecule has 1 aliphatic rings. The van der Waals surface area contributed by atoms with Crippen molar-refractivity contribution in [3.05, 3.63) is 11.6 Å². The van der Waals surface area contributed by atoms with Gasteiger partial charge in [-0.05, 0) is 26.2 Å². The summed E-state index contributed by atoms with van der Waals surface area (Å²) in [6, 6.07) is -0.160. The second-order valence-electron chi connectivity index (χ2n) is 4.78.